The van der Waals surface area contributed by atoms with Gasteiger partial charge in [-0.2, -0.15) is 0 Å². The van der Waals surface area contributed by atoms with E-state index in [1.807, 2.05) is 0 Å². The highest BCUT2D eigenvalue weighted by atomic mass is 32.2. The predicted molar refractivity (Wildman–Crippen MR) is 73.0 cm³/mol. The summed E-state index contributed by atoms with van der Waals surface area (Å²) < 4.78 is 39.3. The van der Waals surface area contributed by atoms with E-state index in [4.69, 9.17) is 5.11 Å². The Morgan fingerprint density at radius 2 is 1.95 bits per heavy atom. The minimum atomic E-state index is -3.92. The van der Waals surface area contributed by atoms with Crippen LogP contribution in [0.1, 0.15) is 25.8 Å². The number of carbonyl (C=O) groups is 1. The molecular formula is C13H18FNO4S. The average molecular weight is 303 g/mol. The number of carboxylic acids is 1. The van der Waals surface area contributed by atoms with E-state index in [-0.39, 0.29) is 17.9 Å². The number of hydrogen-bond donors (Lipinski definition) is 2. The van der Waals surface area contributed by atoms with Crippen molar-refractivity contribution in [3.05, 3.63) is 35.6 Å². The molecule has 0 aliphatic rings. The molecule has 1 aromatic rings. The second-order valence-electron chi connectivity index (χ2n) is 4.99. The van der Waals surface area contributed by atoms with Crippen LogP contribution in [0.3, 0.4) is 0 Å². The first kappa shape index (κ1) is 16.6. The largest absolute Gasteiger partial charge is 0.480 e. The summed E-state index contributed by atoms with van der Waals surface area (Å²) in [6, 6.07) is 4.29. The van der Waals surface area contributed by atoms with Crippen LogP contribution in [0, 0.1) is 11.7 Å². The highest BCUT2D eigenvalue weighted by molar-refractivity contribution is 7.88. The van der Waals surface area contributed by atoms with Gasteiger partial charge in [-0.3, -0.25) is 4.79 Å². The molecule has 0 fully saturated rings. The molecule has 0 radical (unpaired) electrons. The number of carboxylic acid groups (broad SMARTS) is 1. The Morgan fingerprint density at radius 3 is 2.45 bits per heavy atom. The molecule has 0 amide bonds. The molecule has 112 valence electrons. The summed E-state index contributed by atoms with van der Waals surface area (Å²) in [4.78, 5) is 11.0. The molecule has 0 heterocycles. The second-order valence-corrected chi connectivity index (χ2v) is 6.74. The third-order valence-corrected chi connectivity index (χ3v) is 3.97. The van der Waals surface area contributed by atoms with Gasteiger partial charge in [0.2, 0.25) is 10.0 Å². The summed E-state index contributed by atoms with van der Waals surface area (Å²) in [5.74, 6) is -2.43. The van der Waals surface area contributed by atoms with Crippen molar-refractivity contribution in [2.75, 3.05) is 0 Å². The molecule has 1 atom stereocenters. The van der Waals surface area contributed by atoms with Crippen LogP contribution in [0.25, 0.3) is 0 Å². The van der Waals surface area contributed by atoms with E-state index in [1.54, 1.807) is 13.8 Å². The van der Waals surface area contributed by atoms with Crippen molar-refractivity contribution >= 4 is 16.0 Å². The van der Waals surface area contributed by atoms with Gasteiger partial charge in [-0.25, -0.2) is 17.5 Å². The minimum absolute atomic E-state index is 0.00804. The van der Waals surface area contributed by atoms with E-state index < -0.39 is 33.6 Å². The smallest absolute Gasteiger partial charge is 0.321 e. The van der Waals surface area contributed by atoms with Crippen molar-refractivity contribution in [3.63, 3.8) is 0 Å². The van der Waals surface area contributed by atoms with Crippen LogP contribution >= 0.6 is 0 Å². The lowest BCUT2D eigenvalue weighted by Crippen LogP contribution is -2.42. The first-order valence-corrected chi connectivity index (χ1v) is 7.82. The molecule has 5 nitrogen and oxygen atoms in total. The van der Waals surface area contributed by atoms with Crippen LogP contribution in [0.2, 0.25) is 0 Å². The van der Waals surface area contributed by atoms with E-state index in [2.05, 4.69) is 4.72 Å². The number of hydrogen-bond acceptors (Lipinski definition) is 3. The highest BCUT2D eigenvalue weighted by Crippen LogP contribution is 2.12. The maximum atomic E-state index is 13.4. The number of rotatable bonds is 7. The van der Waals surface area contributed by atoms with E-state index in [0.29, 0.717) is 0 Å². The van der Waals surface area contributed by atoms with Crippen LogP contribution in [0.5, 0.6) is 0 Å². The second kappa shape index (κ2) is 6.81. The molecule has 0 spiro atoms. The summed E-state index contributed by atoms with van der Waals surface area (Å²) in [7, 11) is -3.92. The van der Waals surface area contributed by atoms with Gasteiger partial charge in [0.25, 0.3) is 0 Å². The van der Waals surface area contributed by atoms with Gasteiger partial charge in [-0.1, -0.05) is 32.0 Å². The third kappa shape index (κ3) is 5.26. The van der Waals surface area contributed by atoms with E-state index in [0.717, 1.165) is 6.07 Å². The summed E-state index contributed by atoms with van der Waals surface area (Å²) >= 11 is 0. The Kier molecular flexibility index (Phi) is 5.64. The van der Waals surface area contributed by atoms with Gasteiger partial charge in [0.1, 0.15) is 11.9 Å². The van der Waals surface area contributed by atoms with E-state index in [1.165, 1.54) is 18.2 Å². The molecular weight excluding hydrogens is 285 g/mol. The fraction of sp³-hybridized carbons (Fsp3) is 0.462. The van der Waals surface area contributed by atoms with Gasteiger partial charge in [0, 0.05) is 5.56 Å². The SMILES string of the molecule is CC(C)C[C@H](NS(=O)(=O)Cc1ccccc1F)C(=O)O. The zero-order valence-corrected chi connectivity index (χ0v) is 12.2. The summed E-state index contributed by atoms with van der Waals surface area (Å²) in [6.07, 6.45) is 0.172. The van der Waals surface area contributed by atoms with Crippen LogP contribution in [0.15, 0.2) is 24.3 Å². The van der Waals surface area contributed by atoms with Gasteiger partial charge in [-0.15, -0.1) is 0 Å². The Balaban J connectivity index is 2.83. The normalized spacial score (nSPS) is 13.4. The molecule has 0 saturated carbocycles. The van der Waals surface area contributed by atoms with Gasteiger partial charge in [0.05, 0.1) is 5.75 Å². The maximum absolute atomic E-state index is 13.4. The molecule has 0 unspecified atom stereocenters. The van der Waals surface area contributed by atoms with Crippen LogP contribution in [-0.4, -0.2) is 25.5 Å². The number of benzene rings is 1. The standard InChI is InChI=1S/C13H18FNO4S/c1-9(2)7-12(13(16)17)15-20(18,19)8-10-5-3-4-6-11(10)14/h3-6,9,12,15H,7-8H2,1-2H3,(H,16,17)/t12-/m0/s1. The first-order valence-electron chi connectivity index (χ1n) is 6.17. The lowest BCUT2D eigenvalue weighted by atomic mass is 10.1. The van der Waals surface area contributed by atoms with Crippen molar-refractivity contribution in [2.45, 2.75) is 32.1 Å². The van der Waals surface area contributed by atoms with Gasteiger partial charge in [-0.05, 0) is 18.4 Å². The Morgan fingerprint density at radius 1 is 1.35 bits per heavy atom. The summed E-state index contributed by atoms with van der Waals surface area (Å²) in [5, 5.41) is 9.01. The van der Waals surface area contributed by atoms with Gasteiger partial charge >= 0.3 is 5.97 Å². The van der Waals surface area contributed by atoms with Crippen molar-refractivity contribution in [1.82, 2.24) is 4.72 Å². The van der Waals surface area contributed by atoms with Crippen molar-refractivity contribution in [1.29, 1.82) is 0 Å². The third-order valence-electron chi connectivity index (χ3n) is 2.63. The highest BCUT2D eigenvalue weighted by Gasteiger charge is 2.25. The average Bonchev–Trinajstić information content (AvgIpc) is 2.30. The quantitative estimate of drug-likeness (QED) is 0.803. The summed E-state index contributed by atoms with van der Waals surface area (Å²) in [6.45, 7) is 3.59. The predicted octanol–water partition coefficient (Wildman–Crippen LogP) is 1.74. The van der Waals surface area contributed by atoms with Crippen LogP contribution in [0.4, 0.5) is 4.39 Å². The lowest BCUT2D eigenvalue weighted by molar-refractivity contribution is -0.139. The summed E-state index contributed by atoms with van der Waals surface area (Å²) in [5.41, 5.74) is 0.00804. The molecule has 7 heteroatoms. The van der Waals surface area contributed by atoms with Crippen LogP contribution < -0.4 is 4.72 Å². The van der Waals surface area contributed by atoms with Gasteiger partial charge < -0.3 is 5.11 Å². The molecule has 0 saturated heterocycles. The maximum Gasteiger partial charge on any atom is 0.321 e. The molecule has 0 bridgehead atoms. The van der Waals surface area contributed by atoms with Crippen molar-refractivity contribution in [2.24, 2.45) is 5.92 Å². The molecule has 0 aliphatic heterocycles. The number of nitrogens with one attached hydrogen (secondary N) is 1. The molecule has 20 heavy (non-hydrogen) atoms. The molecule has 1 rings (SSSR count). The fourth-order valence-electron chi connectivity index (χ4n) is 1.75. The Bertz CT molecular complexity index is 571. The zero-order valence-electron chi connectivity index (χ0n) is 11.3. The molecule has 0 aliphatic carbocycles. The first-order chi connectivity index (χ1) is 9.21. The van der Waals surface area contributed by atoms with Gasteiger partial charge in [0.15, 0.2) is 0 Å². The number of aliphatic carboxylic acids is 1. The molecule has 1 aromatic carbocycles. The molecule has 2 N–H and O–H groups in total. The number of sulfonamides is 1. The van der Waals surface area contributed by atoms with E-state index >= 15 is 0 Å². The Hall–Kier alpha value is -1.47. The fourth-order valence-corrected chi connectivity index (χ4v) is 3.11. The van der Waals surface area contributed by atoms with E-state index in [9.17, 15) is 17.6 Å². The topological polar surface area (TPSA) is 83.5 Å². The van der Waals surface area contributed by atoms with Crippen molar-refractivity contribution in [3.8, 4) is 0 Å². The number of halogens is 1. The lowest BCUT2D eigenvalue weighted by Gasteiger charge is -2.16. The van der Waals surface area contributed by atoms with Crippen molar-refractivity contribution < 1.29 is 22.7 Å². The van der Waals surface area contributed by atoms with Crippen LogP contribution in [-0.2, 0) is 20.6 Å². The minimum Gasteiger partial charge on any atom is -0.480 e. The Labute approximate surface area is 117 Å². The monoisotopic (exact) mass is 303 g/mol. The zero-order chi connectivity index (χ0) is 15.3. The molecule has 0 aromatic heterocycles.